The highest BCUT2D eigenvalue weighted by atomic mass is 32.1. The lowest BCUT2D eigenvalue weighted by Gasteiger charge is -2.14. The summed E-state index contributed by atoms with van der Waals surface area (Å²) in [6.45, 7) is 1.89. The number of nitrogens with two attached hydrogens (primary N) is 1. The molecule has 5 nitrogen and oxygen atoms in total. The molecular formula is C20H15N5S. The minimum absolute atomic E-state index is 0.313. The average molecular weight is 357 g/mol. The van der Waals surface area contributed by atoms with Crippen LogP contribution in [0.2, 0.25) is 0 Å². The highest BCUT2D eigenvalue weighted by molar-refractivity contribution is 7.71. The van der Waals surface area contributed by atoms with Gasteiger partial charge in [0.05, 0.1) is 22.3 Å². The summed E-state index contributed by atoms with van der Waals surface area (Å²) < 4.78 is 4.02. The van der Waals surface area contributed by atoms with E-state index in [0.717, 1.165) is 22.5 Å². The maximum Gasteiger partial charge on any atom is 0.129 e. The summed E-state index contributed by atoms with van der Waals surface area (Å²) >= 11 is 5.74. The summed E-state index contributed by atoms with van der Waals surface area (Å²) in [7, 11) is 0. The molecule has 2 heterocycles. The van der Waals surface area contributed by atoms with Crippen molar-refractivity contribution in [2.24, 2.45) is 0 Å². The highest BCUT2D eigenvalue weighted by Crippen LogP contribution is 2.32. The number of fused-ring (bicyclic) bond motifs is 1. The van der Waals surface area contributed by atoms with Gasteiger partial charge in [-0.15, -0.1) is 0 Å². The number of anilines is 1. The summed E-state index contributed by atoms with van der Waals surface area (Å²) in [4.78, 5) is 0. The monoisotopic (exact) mass is 357 g/mol. The van der Waals surface area contributed by atoms with Gasteiger partial charge in [0, 0.05) is 5.69 Å². The normalized spacial score (nSPS) is 10.8. The van der Waals surface area contributed by atoms with Crippen molar-refractivity contribution < 1.29 is 0 Å². The zero-order valence-electron chi connectivity index (χ0n) is 14.0. The molecular weight excluding hydrogens is 342 g/mol. The second kappa shape index (κ2) is 6.14. The molecule has 2 N–H and O–H groups in total. The average Bonchev–Trinajstić information content (AvgIpc) is 3.01. The topological polar surface area (TPSA) is 72.6 Å². The van der Waals surface area contributed by atoms with E-state index < -0.39 is 0 Å². The molecule has 0 fully saturated rings. The molecule has 0 aliphatic rings. The van der Waals surface area contributed by atoms with E-state index in [1.165, 1.54) is 0 Å². The number of para-hydroxylation sites is 2. The SMILES string of the molecule is Cc1nn(-c2ccccc2)c2c(C#N)c(N)n(-c3ccccc3)c(=S)c12. The Hall–Kier alpha value is -3.43. The van der Waals surface area contributed by atoms with Gasteiger partial charge in [0.15, 0.2) is 0 Å². The number of nitriles is 1. The Labute approximate surface area is 155 Å². The van der Waals surface area contributed by atoms with Crippen LogP contribution in [0, 0.1) is 22.9 Å². The number of hydrogen-bond donors (Lipinski definition) is 1. The fraction of sp³-hybridized carbons (Fsp3) is 0.0500. The molecule has 0 saturated heterocycles. The fourth-order valence-corrected chi connectivity index (χ4v) is 3.62. The third-order valence-corrected chi connectivity index (χ3v) is 4.72. The van der Waals surface area contributed by atoms with Gasteiger partial charge in [-0.1, -0.05) is 48.6 Å². The van der Waals surface area contributed by atoms with Gasteiger partial charge in [-0.2, -0.15) is 10.4 Å². The number of aryl methyl sites for hydroxylation is 1. The molecule has 0 bridgehead atoms. The van der Waals surface area contributed by atoms with Crippen molar-refractivity contribution >= 4 is 28.9 Å². The van der Waals surface area contributed by atoms with Crippen LogP contribution in [-0.2, 0) is 0 Å². The first kappa shape index (κ1) is 16.1. The molecule has 6 heteroatoms. The van der Waals surface area contributed by atoms with Gasteiger partial charge in [-0.25, -0.2) is 4.68 Å². The van der Waals surface area contributed by atoms with Crippen molar-refractivity contribution in [2.75, 3.05) is 5.73 Å². The van der Waals surface area contributed by atoms with Crippen molar-refractivity contribution in [3.63, 3.8) is 0 Å². The highest BCUT2D eigenvalue weighted by Gasteiger charge is 2.21. The van der Waals surface area contributed by atoms with E-state index in [1.807, 2.05) is 67.6 Å². The Morgan fingerprint density at radius 3 is 2.15 bits per heavy atom. The molecule has 2 aromatic heterocycles. The Bertz CT molecular complexity index is 1210. The quantitative estimate of drug-likeness (QED) is 0.543. The predicted octanol–water partition coefficient (Wildman–Crippen LogP) is 4.31. The van der Waals surface area contributed by atoms with Crippen LogP contribution in [0.25, 0.3) is 22.3 Å². The Kier molecular flexibility index (Phi) is 3.79. The van der Waals surface area contributed by atoms with Crippen LogP contribution in [0.15, 0.2) is 60.7 Å². The van der Waals surface area contributed by atoms with Crippen molar-refractivity contribution in [1.29, 1.82) is 5.26 Å². The van der Waals surface area contributed by atoms with Gasteiger partial charge in [-0.05, 0) is 31.2 Å². The standard InChI is InChI=1S/C20H15N5S/c1-13-17-18(25(23-13)15-10-6-3-7-11-15)16(12-21)19(22)24(20(17)26)14-8-4-2-5-9-14/h2-11H,22H2,1H3. The van der Waals surface area contributed by atoms with Crippen molar-refractivity contribution in [3.8, 4) is 17.4 Å². The summed E-state index contributed by atoms with van der Waals surface area (Å²) in [6, 6.07) is 21.5. The van der Waals surface area contributed by atoms with Crippen molar-refractivity contribution in [1.82, 2.24) is 14.3 Å². The Balaban J connectivity index is 2.18. The number of nitrogen functional groups attached to an aromatic ring is 1. The predicted molar refractivity (Wildman–Crippen MR) is 105 cm³/mol. The second-order valence-corrected chi connectivity index (χ2v) is 6.29. The van der Waals surface area contributed by atoms with Crippen LogP contribution in [0.1, 0.15) is 11.3 Å². The van der Waals surface area contributed by atoms with Gasteiger partial charge < -0.3 is 5.73 Å². The molecule has 0 radical (unpaired) electrons. The third-order valence-electron chi connectivity index (χ3n) is 4.34. The first-order valence-electron chi connectivity index (χ1n) is 8.08. The first-order chi connectivity index (χ1) is 12.6. The third kappa shape index (κ3) is 2.30. The van der Waals surface area contributed by atoms with Crippen LogP contribution < -0.4 is 5.73 Å². The van der Waals surface area contributed by atoms with Crippen molar-refractivity contribution in [3.05, 3.63) is 76.6 Å². The maximum absolute atomic E-state index is 9.84. The molecule has 0 amide bonds. The molecule has 26 heavy (non-hydrogen) atoms. The molecule has 0 spiro atoms. The molecule has 4 aromatic rings. The number of hydrogen-bond acceptors (Lipinski definition) is 4. The van der Waals surface area contributed by atoms with Gasteiger partial charge in [-0.3, -0.25) is 4.57 Å². The smallest absolute Gasteiger partial charge is 0.129 e. The largest absolute Gasteiger partial charge is 0.384 e. The zero-order valence-corrected chi connectivity index (χ0v) is 14.9. The number of pyridine rings is 1. The van der Waals surface area contributed by atoms with Gasteiger partial charge in [0.1, 0.15) is 22.1 Å². The van der Waals surface area contributed by atoms with E-state index in [4.69, 9.17) is 18.0 Å². The van der Waals surface area contributed by atoms with Gasteiger partial charge in [0.2, 0.25) is 0 Å². The molecule has 0 aliphatic heterocycles. The summed E-state index contributed by atoms with van der Waals surface area (Å²) in [5.41, 5.74) is 9.82. The Morgan fingerprint density at radius 1 is 1.00 bits per heavy atom. The molecule has 0 aliphatic carbocycles. The van der Waals surface area contributed by atoms with E-state index in [-0.39, 0.29) is 0 Å². The maximum atomic E-state index is 9.84. The molecule has 126 valence electrons. The molecule has 0 saturated carbocycles. The molecule has 0 unspecified atom stereocenters. The minimum Gasteiger partial charge on any atom is -0.384 e. The lowest BCUT2D eigenvalue weighted by atomic mass is 10.1. The Morgan fingerprint density at radius 2 is 1.58 bits per heavy atom. The van der Waals surface area contributed by atoms with Crippen LogP contribution in [-0.4, -0.2) is 14.3 Å². The van der Waals surface area contributed by atoms with E-state index in [9.17, 15) is 5.26 Å². The molecule has 4 rings (SSSR count). The van der Waals surface area contributed by atoms with Gasteiger partial charge in [0.25, 0.3) is 0 Å². The van der Waals surface area contributed by atoms with Crippen LogP contribution >= 0.6 is 12.2 Å². The van der Waals surface area contributed by atoms with Crippen LogP contribution in [0.5, 0.6) is 0 Å². The van der Waals surface area contributed by atoms with Crippen LogP contribution in [0.3, 0.4) is 0 Å². The number of benzene rings is 2. The zero-order chi connectivity index (χ0) is 18.3. The summed E-state index contributed by atoms with van der Waals surface area (Å²) in [6.07, 6.45) is 0. The fourth-order valence-electron chi connectivity index (χ4n) is 3.17. The lowest BCUT2D eigenvalue weighted by molar-refractivity contribution is 0.888. The first-order valence-corrected chi connectivity index (χ1v) is 8.49. The lowest BCUT2D eigenvalue weighted by Crippen LogP contribution is -2.09. The van der Waals surface area contributed by atoms with Gasteiger partial charge >= 0.3 is 0 Å². The number of rotatable bonds is 2. The van der Waals surface area contributed by atoms with E-state index in [2.05, 4.69) is 11.2 Å². The summed E-state index contributed by atoms with van der Waals surface area (Å²) in [5.74, 6) is 0.313. The summed E-state index contributed by atoms with van der Waals surface area (Å²) in [5, 5.41) is 15.2. The van der Waals surface area contributed by atoms with E-state index in [1.54, 1.807) is 9.25 Å². The van der Waals surface area contributed by atoms with Crippen LogP contribution in [0.4, 0.5) is 5.82 Å². The van der Waals surface area contributed by atoms with Crippen molar-refractivity contribution in [2.45, 2.75) is 6.92 Å². The molecule has 0 atom stereocenters. The second-order valence-electron chi connectivity index (χ2n) is 5.90. The number of nitrogens with zero attached hydrogens (tertiary/aromatic N) is 4. The van der Waals surface area contributed by atoms with E-state index in [0.29, 0.717) is 21.5 Å². The molecule has 2 aromatic carbocycles. The van der Waals surface area contributed by atoms with E-state index >= 15 is 0 Å². The number of aromatic nitrogens is 3. The minimum atomic E-state index is 0.313.